The van der Waals surface area contributed by atoms with Crippen molar-refractivity contribution in [2.45, 2.75) is 38.9 Å². The lowest BCUT2D eigenvalue weighted by Gasteiger charge is -2.32. The Balaban J connectivity index is 2.13. The number of benzene rings is 1. The van der Waals surface area contributed by atoms with Crippen molar-refractivity contribution in [3.8, 4) is 0 Å². The standard InChI is InChI=1S/C14H16BNO5/c1-13(2)14(3,4)21-15(20-13)11-8-10(16(17)18)7-9-5-6-19-12(9)11/h5-8H,1-4H3. The minimum Gasteiger partial charge on any atom is -0.465 e. The Hall–Kier alpha value is -1.86. The fourth-order valence-corrected chi connectivity index (χ4v) is 2.34. The van der Waals surface area contributed by atoms with E-state index in [0.717, 1.165) is 0 Å². The number of rotatable bonds is 2. The summed E-state index contributed by atoms with van der Waals surface area (Å²) in [5.41, 5.74) is 0.0677. The van der Waals surface area contributed by atoms with Crippen molar-refractivity contribution in [3.63, 3.8) is 0 Å². The van der Waals surface area contributed by atoms with Gasteiger partial charge in [-0.25, -0.2) is 0 Å². The molecule has 0 amide bonds. The van der Waals surface area contributed by atoms with Gasteiger partial charge in [-0.2, -0.15) is 0 Å². The van der Waals surface area contributed by atoms with Crippen molar-refractivity contribution in [1.29, 1.82) is 0 Å². The first-order chi connectivity index (χ1) is 9.71. The molecule has 110 valence electrons. The highest BCUT2D eigenvalue weighted by molar-refractivity contribution is 6.65. The summed E-state index contributed by atoms with van der Waals surface area (Å²) in [6.45, 7) is 7.74. The van der Waals surface area contributed by atoms with Crippen molar-refractivity contribution in [2.24, 2.45) is 0 Å². The summed E-state index contributed by atoms with van der Waals surface area (Å²) in [6, 6.07) is 4.62. The Morgan fingerprint density at radius 1 is 1.14 bits per heavy atom. The van der Waals surface area contributed by atoms with E-state index in [1.165, 1.54) is 18.4 Å². The number of hydrogen-bond acceptors (Lipinski definition) is 5. The monoisotopic (exact) mass is 289 g/mol. The maximum Gasteiger partial charge on any atom is 0.498 e. The first-order valence-electron chi connectivity index (χ1n) is 6.72. The molecule has 0 aliphatic carbocycles. The van der Waals surface area contributed by atoms with Gasteiger partial charge in [0.1, 0.15) is 5.58 Å². The van der Waals surface area contributed by atoms with E-state index in [0.29, 0.717) is 16.4 Å². The molecule has 0 saturated carbocycles. The van der Waals surface area contributed by atoms with Crippen LogP contribution in [0.4, 0.5) is 5.69 Å². The van der Waals surface area contributed by atoms with E-state index in [1.54, 1.807) is 6.07 Å². The molecule has 0 spiro atoms. The number of hydrogen-bond donors (Lipinski definition) is 0. The zero-order chi connectivity index (χ0) is 15.4. The second kappa shape index (κ2) is 4.32. The van der Waals surface area contributed by atoms with Gasteiger partial charge in [-0.15, -0.1) is 0 Å². The minimum absolute atomic E-state index is 0.00591. The van der Waals surface area contributed by atoms with Gasteiger partial charge in [0.2, 0.25) is 0 Å². The summed E-state index contributed by atoms with van der Waals surface area (Å²) < 4.78 is 17.4. The van der Waals surface area contributed by atoms with E-state index in [-0.39, 0.29) is 5.69 Å². The Labute approximate surface area is 122 Å². The molecule has 21 heavy (non-hydrogen) atoms. The summed E-state index contributed by atoms with van der Waals surface area (Å²) >= 11 is 0. The molecule has 1 saturated heterocycles. The van der Waals surface area contributed by atoms with Crippen LogP contribution in [0.5, 0.6) is 0 Å². The molecule has 1 aromatic carbocycles. The molecule has 3 rings (SSSR count). The van der Waals surface area contributed by atoms with Crippen LogP contribution in [0.25, 0.3) is 11.0 Å². The first kappa shape index (κ1) is 14.1. The second-order valence-electron chi connectivity index (χ2n) is 6.22. The molecule has 1 aliphatic heterocycles. The highest BCUT2D eigenvalue weighted by Gasteiger charge is 2.52. The minimum atomic E-state index is -0.691. The van der Waals surface area contributed by atoms with Gasteiger partial charge in [0.05, 0.1) is 22.4 Å². The average molecular weight is 289 g/mol. The largest absolute Gasteiger partial charge is 0.498 e. The highest BCUT2D eigenvalue weighted by atomic mass is 16.7. The molecule has 6 nitrogen and oxygen atoms in total. The van der Waals surface area contributed by atoms with Crippen LogP contribution in [0.3, 0.4) is 0 Å². The quantitative estimate of drug-likeness (QED) is 0.482. The molecule has 1 fully saturated rings. The van der Waals surface area contributed by atoms with E-state index in [9.17, 15) is 10.1 Å². The van der Waals surface area contributed by atoms with E-state index < -0.39 is 23.2 Å². The van der Waals surface area contributed by atoms with E-state index in [1.807, 2.05) is 27.7 Å². The number of nitro benzene ring substituents is 1. The molecular weight excluding hydrogens is 273 g/mol. The number of nitrogens with zero attached hydrogens (tertiary/aromatic N) is 1. The first-order valence-corrected chi connectivity index (χ1v) is 6.72. The third kappa shape index (κ3) is 2.13. The fraction of sp³-hybridized carbons (Fsp3) is 0.429. The Bertz CT molecular complexity index is 705. The van der Waals surface area contributed by atoms with Crippen LogP contribution in [0.15, 0.2) is 28.9 Å². The Kier molecular flexibility index (Phi) is 2.90. The van der Waals surface area contributed by atoms with Crippen LogP contribution < -0.4 is 5.46 Å². The third-order valence-corrected chi connectivity index (χ3v) is 4.28. The van der Waals surface area contributed by atoms with Crippen LogP contribution in [-0.4, -0.2) is 23.2 Å². The predicted octanol–water partition coefficient (Wildman–Crippen LogP) is 2.64. The lowest BCUT2D eigenvalue weighted by molar-refractivity contribution is -0.384. The van der Waals surface area contributed by atoms with Crippen molar-refractivity contribution in [2.75, 3.05) is 0 Å². The van der Waals surface area contributed by atoms with Gasteiger partial charge in [-0.3, -0.25) is 10.1 Å². The molecule has 7 heteroatoms. The van der Waals surface area contributed by atoms with Gasteiger partial charge in [-0.05, 0) is 33.8 Å². The topological polar surface area (TPSA) is 74.7 Å². The van der Waals surface area contributed by atoms with Gasteiger partial charge in [0, 0.05) is 23.0 Å². The van der Waals surface area contributed by atoms with Gasteiger partial charge in [0.15, 0.2) is 0 Å². The lowest BCUT2D eigenvalue weighted by atomic mass is 9.78. The molecule has 0 bridgehead atoms. The fourth-order valence-electron chi connectivity index (χ4n) is 2.34. The summed E-state index contributed by atoms with van der Waals surface area (Å²) in [4.78, 5) is 10.7. The summed E-state index contributed by atoms with van der Waals surface area (Å²) in [6.07, 6.45) is 1.50. The van der Waals surface area contributed by atoms with Crippen molar-refractivity contribution >= 4 is 29.2 Å². The molecule has 2 heterocycles. The molecule has 0 N–H and O–H groups in total. The molecule has 0 radical (unpaired) electrons. The number of nitro groups is 1. The zero-order valence-electron chi connectivity index (χ0n) is 12.4. The predicted molar refractivity (Wildman–Crippen MR) is 78.6 cm³/mol. The van der Waals surface area contributed by atoms with Crippen molar-refractivity contribution < 1.29 is 18.6 Å². The van der Waals surface area contributed by atoms with Crippen molar-refractivity contribution in [3.05, 3.63) is 34.6 Å². The normalized spacial score (nSPS) is 20.1. The van der Waals surface area contributed by atoms with E-state index >= 15 is 0 Å². The van der Waals surface area contributed by atoms with Gasteiger partial charge in [-0.1, -0.05) is 0 Å². The third-order valence-electron chi connectivity index (χ3n) is 4.28. The van der Waals surface area contributed by atoms with Gasteiger partial charge >= 0.3 is 7.12 Å². The van der Waals surface area contributed by atoms with Crippen LogP contribution >= 0.6 is 0 Å². The van der Waals surface area contributed by atoms with Gasteiger partial charge < -0.3 is 13.7 Å². The van der Waals surface area contributed by atoms with Crippen molar-refractivity contribution in [1.82, 2.24) is 0 Å². The SMILES string of the molecule is CC1(C)OB(c2cc([N+](=O)[O-])cc3ccoc23)OC1(C)C. The molecule has 0 atom stereocenters. The molecule has 0 unspecified atom stereocenters. The molecular formula is C14H16BNO5. The summed E-state index contributed by atoms with van der Waals surface area (Å²) in [5.74, 6) is 0. The van der Waals surface area contributed by atoms with E-state index in [2.05, 4.69) is 0 Å². The van der Waals surface area contributed by atoms with Crippen LogP contribution in [0.1, 0.15) is 27.7 Å². The zero-order valence-corrected chi connectivity index (χ0v) is 12.4. The molecule has 2 aromatic rings. The van der Waals surface area contributed by atoms with Crippen LogP contribution in [-0.2, 0) is 9.31 Å². The highest BCUT2D eigenvalue weighted by Crippen LogP contribution is 2.37. The molecule has 1 aliphatic rings. The van der Waals surface area contributed by atoms with Gasteiger partial charge in [0.25, 0.3) is 5.69 Å². The maximum atomic E-state index is 11.1. The van der Waals surface area contributed by atoms with E-state index in [4.69, 9.17) is 13.7 Å². The molecule has 1 aromatic heterocycles. The summed E-state index contributed by atoms with van der Waals surface area (Å²) in [5, 5.41) is 11.7. The smallest absolute Gasteiger partial charge is 0.465 e. The van der Waals surface area contributed by atoms with Crippen LogP contribution in [0.2, 0.25) is 0 Å². The van der Waals surface area contributed by atoms with Crippen LogP contribution in [0, 0.1) is 10.1 Å². The Morgan fingerprint density at radius 3 is 2.33 bits per heavy atom. The number of fused-ring (bicyclic) bond motifs is 1. The summed E-state index contributed by atoms with van der Waals surface area (Å²) in [7, 11) is -0.691. The second-order valence-corrected chi connectivity index (χ2v) is 6.22. The maximum absolute atomic E-state index is 11.1. The Morgan fingerprint density at radius 2 is 1.76 bits per heavy atom. The number of furan rings is 1. The average Bonchev–Trinajstić information content (AvgIpc) is 2.90. The lowest BCUT2D eigenvalue weighted by Crippen LogP contribution is -2.41. The number of non-ortho nitro benzene ring substituents is 1.